The average molecular weight is 1030 g/mol. The first-order chi connectivity index (χ1) is 34.2. The smallest absolute Gasteiger partial charge is 0.407 e. The zero-order chi connectivity index (χ0) is 53.4. The third-order valence-corrected chi connectivity index (χ3v) is 18.2. The van der Waals surface area contributed by atoms with Crippen molar-refractivity contribution in [2.45, 2.75) is 206 Å². The average Bonchev–Trinajstić information content (AvgIpc) is 3.56. The number of alkyl carbamates (subject to hydrolysis) is 1. The highest BCUT2D eigenvalue weighted by atomic mass is 16.8. The molecular weight excluding hydrogens is 949 g/mol. The van der Waals surface area contributed by atoms with Crippen LogP contribution in [0.25, 0.3) is 0 Å². The number of aliphatic hydroxyl groups is 4. The van der Waals surface area contributed by atoms with E-state index in [2.05, 4.69) is 25.2 Å². The number of fused-ring (bicyclic) bond motifs is 4. The van der Waals surface area contributed by atoms with Crippen molar-refractivity contribution in [3.05, 3.63) is 63.6 Å². The Labute approximate surface area is 428 Å². The SMILES string of the molecule is COC(=O)N[C@@H]1[C@H](C)O[C@@H](OC2CC=C(C)[C@H]3C=C[C@H]4[C@H](O[C@@H]5C[C@@H](O[C@@H]6C[C@@H](O)[C@@H](O)[C@H](C)O6)[C@@H](O)[C@H](C)O5)[C@H](C)C[C@@H](C)[C@@H]4[C@@]3(C)C(O)=C3C(=O)OC4(C[C@H](C)C(C)=C[C@H]4C=C2C)C3=O)C[C@@]1(C)[NH+]([O-])O. The molecule has 8 rings (SSSR count). The Hall–Kier alpha value is -3.57. The van der Waals surface area contributed by atoms with Gasteiger partial charge in [-0.15, -0.1) is 0 Å². The lowest BCUT2D eigenvalue weighted by molar-refractivity contribution is -1.09. The first-order valence-electron chi connectivity index (χ1n) is 26.2. The van der Waals surface area contributed by atoms with Gasteiger partial charge in [0.05, 0.1) is 56.3 Å². The Morgan fingerprint density at radius 1 is 0.808 bits per heavy atom. The van der Waals surface area contributed by atoms with Gasteiger partial charge in [-0.3, -0.25) is 4.79 Å². The van der Waals surface area contributed by atoms with Crippen LogP contribution in [0, 0.1) is 52.0 Å². The Balaban J connectivity index is 1.17. The van der Waals surface area contributed by atoms with Gasteiger partial charge in [0.2, 0.25) is 5.78 Å². The molecule has 4 saturated heterocycles. The van der Waals surface area contributed by atoms with Crippen LogP contribution in [-0.2, 0) is 47.5 Å². The van der Waals surface area contributed by atoms with Gasteiger partial charge in [-0.1, -0.05) is 69.2 Å². The van der Waals surface area contributed by atoms with Crippen LogP contribution in [0.4, 0.5) is 4.79 Å². The van der Waals surface area contributed by atoms with Gasteiger partial charge < -0.3 is 68.8 Å². The molecule has 19 nitrogen and oxygen atoms in total. The van der Waals surface area contributed by atoms with E-state index < -0.39 is 137 Å². The van der Waals surface area contributed by atoms with E-state index in [1.54, 1.807) is 27.7 Å². The number of carbonyl (C=O) groups excluding carboxylic acids is 3. The number of allylic oxidation sites excluding steroid dienone is 4. The van der Waals surface area contributed by atoms with Gasteiger partial charge in [0.1, 0.15) is 29.6 Å². The summed E-state index contributed by atoms with van der Waals surface area (Å²) in [5.41, 5.74) is -2.32. The van der Waals surface area contributed by atoms with Crippen molar-refractivity contribution < 1.29 is 83.1 Å². The van der Waals surface area contributed by atoms with Crippen molar-refractivity contribution >= 4 is 17.8 Å². The Morgan fingerprint density at radius 3 is 2.11 bits per heavy atom. The number of ether oxygens (including phenoxy) is 8. The zero-order valence-electron chi connectivity index (χ0n) is 44.3. The number of aliphatic hydroxyl groups excluding tert-OH is 4. The van der Waals surface area contributed by atoms with E-state index in [0.29, 0.717) is 12.0 Å². The standard InChI is InChI=1S/C54H80N2O17/c1-24-13-16-37(70-41-23-52(10,56(64)65)47(32(9)69-41)55-51(63)66-12)26(3)19-33-18-25(2)29(6)22-54(33)49(61)42(50(62)73-54)48(60)53(11)35(24)15-14-34-43(53)27(4)17-28(5)46(34)72-40-21-38(45(59)31(8)68-40)71-39-20-36(57)44(58)30(7)67-39/h13-15,18-19,27-41,43-47,56-60,64H,16-17,20-23H2,1-12H3,(H,55,63)/t27-,28-,29+,30+,31+,32+,33+,34-,35-,36-,37?,38-,39-,40-,41+,43+,44+,45+,46-,47-,52-,53+,54?/m1/s1. The number of methoxy groups -OCH3 is 1. The molecule has 7 N–H and O–H groups in total. The van der Waals surface area contributed by atoms with Crippen LogP contribution in [0.1, 0.15) is 115 Å². The maximum atomic E-state index is 15.4. The molecular formula is C54H80N2O17. The minimum absolute atomic E-state index is 0.0176. The van der Waals surface area contributed by atoms with Crippen molar-refractivity contribution in [3.8, 4) is 0 Å². The number of carbonyl (C=O) groups is 3. The molecule has 8 aliphatic rings. The predicted molar refractivity (Wildman–Crippen MR) is 261 cm³/mol. The van der Waals surface area contributed by atoms with Gasteiger partial charge >= 0.3 is 12.1 Å². The van der Waals surface area contributed by atoms with Crippen molar-refractivity contribution in [1.29, 1.82) is 0 Å². The van der Waals surface area contributed by atoms with E-state index in [1.165, 1.54) is 7.11 Å². The van der Waals surface area contributed by atoms with E-state index in [4.69, 9.17) is 37.9 Å². The molecule has 0 radical (unpaired) electrons. The fraction of sp³-hybridized carbons (Fsp3) is 0.759. The van der Waals surface area contributed by atoms with Crippen molar-refractivity contribution in [1.82, 2.24) is 5.32 Å². The van der Waals surface area contributed by atoms with Crippen molar-refractivity contribution in [2.24, 2.45) is 46.8 Å². The lowest BCUT2D eigenvalue weighted by Gasteiger charge is -2.56. The Kier molecular flexibility index (Phi) is 16.1. The van der Waals surface area contributed by atoms with E-state index in [-0.39, 0.29) is 67.1 Å². The fourth-order valence-corrected chi connectivity index (χ4v) is 13.9. The van der Waals surface area contributed by atoms with Gasteiger partial charge in [-0.25, -0.2) is 20.0 Å². The van der Waals surface area contributed by atoms with Gasteiger partial charge in [-0.05, 0) is 90.6 Å². The van der Waals surface area contributed by atoms with Crippen LogP contribution in [0.3, 0.4) is 0 Å². The normalized spacial score (nSPS) is 47.7. The van der Waals surface area contributed by atoms with E-state index in [0.717, 1.165) is 11.1 Å². The lowest BCUT2D eigenvalue weighted by atomic mass is 9.49. The van der Waals surface area contributed by atoms with Crippen LogP contribution >= 0.6 is 0 Å². The number of hydrogen-bond acceptors (Lipinski definition) is 17. The number of nitrogens with one attached hydrogen (secondary N) is 2. The van der Waals surface area contributed by atoms with Gasteiger partial charge in [0, 0.05) is 42.4 Å². The molecule has 4 aliphatic heterocycles. The molecule has 0 aromatic rings. The summed E-state index contributed by atoms with van der Waals surface area (Å²) in [5.74, 6) is -4.13. The molecule has 5 fully saturated rings. The third kappa shape index (κ3) is 10.0. The molecule has 3 unspecified atom stereocenters. The monoisotopic (exact) mass is 1030 g/mol. The van der Waals surface area contributed by atoms with Crippen molar-refractivity contribution in [2.75, 3.05) is 7.11 Å². The number of amides is 1. The quantitative estimate of drug-likeness (QED) is 0.0760. The molecule has 0 aromatic carbocycles. The summed E-state index contributed by atoms with van der Waals surface area (Å²) in [7, 11) is 1.20. The number of quaternary nitrogens is 1. The minimum atomic E-state index is -1.68. The molecule has 1 saturated carbocycles. The highest BCUT2D eigenvalue weighted by molar-refractivity contribution is 6.26. The summed E-state index contributed by atoms with van der Waals surface area (Å²) in [4.78, 5) is 42.4. The van der Waals surface area contributed by atoms with Gasteiger partial charge in [-0.2, -0.15) is 0 Å². The predicted octanol–water partition coefficient (Wildman–Crippen LogP) is 4.56. The highest BCUT2D eigenvalue weighted by Crippen LogP contribution is 2.61. The van der Waals surface area contributed by atoms with Gasteiger partial charge in [0.15, 0.2) is 30.0 Å². The van der Waals surface area contributed by atoms with E-state index in [1.807, 2.05) is 58.9 Å². The lowest BCUT2D eigenvalue weighted by Crippen LogP contribution is -3.17. The minimum Gasteiger partial charge on any atom is -0.600 e. The molecule has 4 aliphatic carbocycles. The van der Waals surface area contributed by atoms with Crippen LogP contribution < -0.4 is 10.5 Å². The largest absolute Gasteiger partial charge is 0.600 e. The third-order valence-electron chi connectivity index (χ3n) is 18.2. The molecule has 73 heavy (non-hydrogen) atoms. The molecule has 0 aromatic heterocycles. The van der Waals surface area contributed by atoms with Crippen LogP contribution in [0.15, 0.2) is 58.4 Å². The summed E-state index contributed by atoms with van der Waals surface area (Å²) < 4.78 is 49.8. The molecule has 24 atom stereocenters. The van der Waals surface area contributed by atoms with Crippen LogP contribution in [0.5, 0.6) is 0 Å². The van der Waals surface area contributed by atoms with Gasteiger partial charge in [0.25, 0.3) is 0 Å². The maximum Gasteiger partial charge on any atom is 0.407 e. The number of rotatable bonds is 8. The molecule has 4 heterocycles. The van der Waals surface area contributed by atoms with E-state index >= 15 is 4.79 Å². The second-order valence-electron chi connectivity index (χ2n) is 23.2. The van der Waals surface area contributed by atoms with Crippen molar-refractivity contribution in [3.63, 3.8) is 0 Å². The summed E-state index contributed by atoms with van der Waals surface area (Å²) in [6.07, 6.45) is 0.211. The number of esters is 1. The maximum absolute atomic E-state index is 15.4. The first-order valence-corrected chi connectivity index (χ1v) is 26.2. The molecule has 2 bridgehead atoms. The summed E-state index contributed by atoms with van der Waals surface area (Å²) in [6, 6.07) is -0.948. The molecule has 408 valence electrons. The first kappa shape index (κ1) is 55.7. The number of hydroxylamine groups is 2. The number of hydrogen-bond donors (Lipinski definition) is 7. The number of Topliss-reactive ketones (excluding diaryl/α,β-unsaturated/α-hetero) is 1. The second kappa shape index (κ2) is 21.1. The topological polar surface area (TPSA) is 266 Å². The number of ketones is 1. The fourth-order valence-electron chi connectivity index (χ4n) is 13.9. The molecule has 19 heteroatoms. The van der Waals surface area contributed by atoms with Crippen LogP contribution in [0.2, 0.25) is 0 Å². The Bertz CT molecular complexity index is 2250. The Morgan fingerprint density at radius 2 is 1.45 bits per heavy atom. The highest BCUT2D eigenvalue weighted by Gasteiger charge is 2.64. The summed E-state index contributed by atoms with van der Waals surface area (Å²) >= 11 is 0. The molecule has 1 spiro atoms. The van der Waals surface area contributed by atoms with E-state index in [9.17, 15) is 40.4 Å². The summed E-state index contributed by atoms with van der Waals surface area (Å²) in [6.45, 7) is 20.5. The molecule has 1 amide bonds. The second-order valence-corrected chi connectivity index (χ2v) is 23.2. The summed E-state index contributed by atoms with van der Waals surface area (Å²) in [5, 5.41) is 70.2. The zero-order valence-corrected chi connectivity index (χ0v) is 44.3. The van der Waals surface area contributed by atoms with Crippen LogP contribution in [-0.4, -0.2) is 142 Å².